The van der Waals surface area contributed by atoms with Gasteiger partial charge in [0.1, 0.15) is 6.23 Å². The van der Waals surface area contributed by atoms with E-state index in [0.717, 1.165) is 7.05 Å². The molecule has 0 aromatic heterocycles. The number of hydrogen-bond acceptors (Lipinski definition) is 4. The molecular formula is C12H18FNO4S. The van der Waals surface area contributed by atoms with Crippen LogP contribution in [-0.4, -0.2) is 38.2 Å². The van der Waals surface area contributed by atoms with E-state index < -0.39 is 16.6 Å². The number of halogens is 1. The zero-order chi connectivity index (χ0) is 14.9. The van der Waals surface area contributed by atoms with Crippen LogP contribution in [0, 0.1) is 0 Å². The zero-order valence-corrected chi connectivity index (χ0v) is 11.9. The minimum absolute atomic E-state index is 0.230. The van der Waals surface area contributed by atoms with Crippen LogP contribution in [0.25, 0.3) is 0 Å². The predicted octanol–water partition coefficient (Wildman–Crippen LogP) is 1.66. The van der Waals surface area contributed by atoms with Gasteiger partial charge in [-0.1, -0.05) is 16.9 Å². The third-order valence-corrected chi connectivity index (χ3v) is 2.97. The second-order valence-electron chi connectivity index (χ2n) is 3.49. The third kappa shape index (κ3) is 6.93. The van der Waals surface area contributed by atoms with Gasteiger partial charge < -0.3 is 9.84 Å². The maximum absolute atomic E-state index is 12.8. The van der Waals surface area contributed by atoms with E-state index in [-0.39, 0.29) is 9.88 Å². The van der Waals surface area contributed by atoms with Crippen molar-refractivity contribution in [3.63, 3.8) is 0 Å². The summed E-state index contributed by atoms with van der Waals surface area (Å²) in [6, 6.07) is 0. The quantitative estimate of drug-likeness (QED) is 0.255. The van der Waals surface area contributed by atoms with Crippen molar-refractivity contribution in [3.8, 4) is 0 Å². The molecule has 19 heavy (non-hydrogen) atoms. The first-order chi connectivity index (χ1) is 8.84. The third-order valence-electron chi connectivity index (χ3n) is 2.08. The average Bonchev–Trinajstić information content (AvgIpc) is 2.34. The molecule has 0 aliphatic carbocycles. The molecule has 108 valence electrons. The molecule has 1 atom stereocenters. The Balaban J connectivity index is 5.09. The fourth-order valence-electron chi connectivity index (χ4n) is 1.12. The summed E-state index contributed by atoms with van der Waals surface area (Å²) < 4.78 is 39.1. The molecule has 0 spiro atoms. The van der Waals surface area contributed by atoms with Crippen LogP contribution in [0.4, 0.5) is 3.89 Å². The average molecular weight is 291 g/mol. The van der Waals surface area contributed by atoms with Gasteiger partial charge in [0.25, 0.3) is 0 Å². The largest absolute Gasteiger partial charge is 0.504 e. The highest BCUT2D eigenvalue weighted by Gasteiger charge is 2.25. The molecule has 0 fully saturated rings. The van der Waals surface area contributed by atoms with Crippen LogP contribution in [-0.2, 0) is 15.1 Å². The molecule has 5 nitrogen and oxygen atoms in total. The van der Waals surface area contributed by atoms with E-state index in [4.69, 9.17) is 0 Å². The van der Waals surface area contributed by atoms with Gasteiger partial charge in [-0.3, -0.25) is 0 Å². The summed E-state index contributed by atoms with van der Waals surface area (Å²) >= 11 is 0. The van der Waals surface area contributed by atoms with Gasteiger partial charge in [0, 0.05) is 12.6 Å². The fraction of sp³-hybridized carbons (Fsp3) is 0.417. The normalized spacial score (nSPS) is 14.3. The second-order valence-corrected chi connectivity index (χ2v) is 4.89. The minimum Gasteiger partial charge on any atom is -0.504 e. The first-order valence-electron chi connectivity index (χ1n) is 5.50. The number of rotatable bonds is 7. The van der Waals surface area contributed by atoms with Crippen LogP contribution in [0.2, 0.25) is 0 Å². The van der Waals surface area contributed by atoms with Crippen molar-refractivity contribution in [2.24, 2.45) is 0 Å². The van der Waals surface area contributed by atoms with Crippen LogP contribution < -0.4 is 0 Å². The molecule has 0 saturated heterocycles. The van der Waals surface area contributed by atoms with Crippen LogP contribution in [0.5, 0.6) is 0 Å². The molecule has 0 radical (unpaired) electrons. The number of ether oxygens (including phenoxy) is 1. The van der Waals surface area contributed by atoms with Crippen molar-refractivity contribution in [1.29, 1.82) is 0 Å². The molecule has 0 rings (SSSR count). The summed E-state index contributed by atoms with van der Waals surface area (Å²) in [7, 11) is -2.52. The molecule has 1 N–H and O–H groups in total. The number of hydrogen-bond donors (Lipinski definition) is 1. The minimum atomic E-state index is -4.95. The summed E-state index contributed by atoms with van der Waals surface area (Å²) in [6.45, 7) is 1.80. The Morgan fingerprint density at radius 2 is 2.21 bits per heavy atom. The maximum atomic E-state index is 12.8. The standard InChI is InChI=1S/C12H18FNO4S/c1-4-8-11(9-6-5-7-10-18-3)12(15)14(2)19(13,16)17/h5,7-10,12,15H,4H2,1-3H3/b10-7+,11-8-. The van der Waals surface area contributed by atoms with Gasteiger partial charge in [-0.2, -0.15) is 8.42 Å². The van der Waals surface area contributed by atoms with Crippen LogP contribution >= 0.6 is 0 Å². The Morgan fingerprint density at radius 1 is 1.58 bits per heavy atom. The topological polar surface area (TPSA) is 66.8 Å². The second kappa shape index (κ2) is 8.66. The number of nitrogens with zero attached hydrogens (tertiary/aromatic N) is 1. The predicted molar refractivity (Wildman–Crippen MR) is 71.0 cm³/mol. The molecule has 0 amide bonds. The summed E-state index contributed by atoms with van der Waals surface area (Å²) in [6.07, 6.45) is 6.38. The number of methoxy groups -OCH3 is 1. The molecule has 0 heterocycles. The molecule has 0 aliphatic heterocycles. The number of allylic oxidation sites excluding steroid dienone is 2. The first kappa shape index (κ1) is 17.6. The maximum Gasteiger partial charge on any atom is 0.377 e. The monoisotopic (exact) mass is 291 g/mol. The summed E-state index contributed by atoms with van der Waals surface area (Å²) in [5.74, 6) is 0. The fourth-order valence-corrected chi connectivity index (χ4v) is 1.48. The van der Waals surface area contributed by atoms with Gasteiger partial charge in [0.05, 0.1) is 13.4 Å². The van der Waals surface area contributed by atoms with E-state index in [0.29, 0.717) is 6.42 Å². The van der Waals surface area contributed by atoms with E-state index >= 15 is 0 Å². The Kier molecular flexibility index (Phi) is 8.02. The lowest BCUT2D eigenvalue weighted by Crippen LogP contribution is -2.35. The molecule has 0 bridgehead atoms. The lowest BCUT2D eigenvalue weighted by atomic mass is 10.2. The summed E-state index contributed by atoms with van der Waals surface area (Å²) in [4.78, 5) is 0. The lowest BCUT2D eigenvalue weighted by Gasteiger charge is -2.19. The van der Waals surface area contributed by atoms with E-state index in [2.05, 4.69) is 10.5 Å². The first-order valence-corrected chi connectivity index (χ1v) is 6.84. The number of aliphatic hydroxyl groups excluding tert-OH is 1. The molecule has 1 unspecified atom stereocenters. The van der Waals surface area contributed by atoms with Crippen LogP contribution in [0.1, 0.15) is 13.3 Å². The molecule has 0 saturated carbocycles. The van der Waals surface area contributed by atoms with Gasteiger partial charge in [0.15, 0.2) is 0 Å². The van der Waals surface area contributed by atoms with E-state index in [1.54, 1.807) is 19.1 Å². The molecule has 0 aromatic rings. The van der Waals surface area contributed by atoms with Gasteiger partial charge in [-0.05, 0) is 24.6 Å². The lowest BCUT2D eigenvalue weighted by molar-refractivity contribution is 0.111. The Bertz CT molecular complexity index is 490. The summed E-state index contributed by atoms with van der Waals surface area (Å²) in [5.41, 5.74) is 2.93. The Labute approximate surface area is 113 Å². The highest BCUT2D eigenvalue weighted by molar-refractivity contribution is 7.83. The van der Waals surface area contributed by atoms with Crippen molar-refractivity contribution in [2.45, 2.75) is 19.6 Å². The molecule has 0 aromatic carbocycles. The van der Waals surface area contributed by atoms with Crippen molar-refractivity contribution in [2.75, 3.05) is 14.2 Å². The van der Waals surface area contributed by atoms with Gasteiger partial charge in [-0.25, -0.2) is 0 Å². The highest BCUT2D eigenvalue weighted by Crippen LogP contribution is 2.13. The van der Waals surface area contributed by atoms with Crippen molar-refractivity contribution >= 4 is 10.4 Å². The smallest absolute Gasteiger partial charge is 0.377 e. The Morgan fingerprint density at radius 3 is 2.68 bits per heavy atom. The molecular weight excluding hydrogens is 273 g/mol. The molecule has 7 heteroatoms. The van der Waals surface area contributed by atoms with E-state index in [9.17, 15) is 17.4 Å². The number of aliphatic hydroxyl groups is 1. The van der Waals surface area contributed by atoms with Crippen molar-refractivity contribution < 1.29 is 22.1 Å². The number of likely N-dealkylation sites (N-methyl/N-ethyl adjacent to an activating group) is 1. The van der Waals surface area contributed by atoms with Crippen LogP contribution in [0.3, 0.4) is 0 Å². The zero-order valence-electron chi connectivity index (χ0n) is 11.1. The van der Waals surface area contributed by atoms with Gasteiger partial charge in [-0.15, -0.1) is 10.0 Å². The SMILES string of the molecule is CC/C=C(/C=C=C/C=C/OC)C(O)N(C)S(=O)(=O)F. The Hall–Kier alpha value is -1.40. The van der Waals surface area contributed by atoms with E-state index in [1.807, 2.05) is 0 Å². The molecule has 0 aliphatic rings. The van der Waals surface area contributed by atoms with E-state index in [1.165, 1.54) is 25.5 Å². The summed E-state index contributed by atoms with van der Waals surface area (Å²) in [5, 5.41) is 9.76. The van der Waals surface area contributed by atoms with Gasteiger partial charge >= 0.3 is 10.4 Å². The van der Waals surface area contributed by atoms with Gasteiger partial charge in [0.2, 0.25) is 0 Å². The highest BCUT2D eigenvalue weighted by atomic mass is 32.3. The van der Waals surface area contributed by atoms with Crippen molar-refractivity contribution in [3.05, 3.63) is 41.9 Å². The van der Waals surface area contributed by atoms with Crippen LogP contribution in [0.15, 0.2) is 41.9 Å². The van der Waals surface area contributed by atoms with Crippen molar-refractivity contribution in [1.82, 2.24) is 4.31 Å².